The number of nitrogens with zero attached hydrogens (tertiary/aromatic N) is 2. The third kappa shape index (κ3) is 6.07. The Labute approximate surface area is 185 Å². The standard InChI is InChI=1S/C22H19F3N2O4S/c1-13(15-5-9-18(10-6-15)30-12-20(28)29)27-31-11-19-14(2)26-21(32-19)16-3-7-17(8-4-16)22(23,24)25/h3-10H,11-12H2,1-2H3,(H,28,29)/b27-13+. The number of aromatic nitrogens is 1. The molecule has 0 atom stereocenters. The summed E-state index contributed by atoms with van der Waals surface area (Å²) in [5.41, 5.74) is 2.00. The van der Waals surface area contributed by atoms with Gasteiger partial charge in [-0.3, -0.25) is 0 Å². The Morgan fingerprint density at radius 2 is 1.78 bits per heavy atom. The number of aryl methyl sites for hydroxylation is 1. The summed E-state index contributed by atoms with van der Waals surface area (Å²) < 4.78 is 43.3. The molecule has 6 nitrogen and oxygen atoms in total. The molecular formula is C22H19F3N2O4S. The minimum Gasteiger partial charge on any atom is -0.482 e. The SMILES string of the molecule is C/C(=N\OCc1sc(-c2ccc(C(F)(F)F)cc2)nc1C)c1ccc(OCC(=O)O)cc1. The molecule has 1 N–H and O–H groups in total. The lowest BCUT2D eigenvalue weighted by Gasteiger charge is -2.06. The van der Waals surface area contributed by atoms with Crippen LogP contribution in [0.3, 0.4) is 0 Å². The van der Waals surface area contributed by atoms with Crippen LogP contribution in [0.15, 0.2) is 53.7 Å². The lowest BCUT2D eigenvalue weighted by Crippen LogP contribution is -2.09. The van der Waals surface area contributed by atoms with Gasteiger partial charge in [-0.2, -0.15) is 13.2 Å². The first kappa shape index (κ1) is 23.3. The number of hydrogen-bond donors (Lipinski definition) is 1. The van der Waals surface area contributed by atoms with Crippen molar-refractivity contribution in [3.8, 4) is 16.3 Å². The van der Waals surface area contributed by atoms with E-state index >= 15 is 0 Å². The number of ether oxygens (including phenoxy) is 1. The zero-order valence-electron chi connectivity index (χ0n) is 17.1. The predicted octanol–water partition coefficient (Wildman–Crippen LogP) is 5.54. The smallest absolute Gasteiger partial charge is 0.416 e. The molecule has 0 aliphatic heterocycles. The van der Waals surface area contributed by atoms with E-state index in [2.05, 4.69) is 10.1 Å². The van der Waals surface area contributed by atoms with E-state index in [1.54, 1.807) is 38.1 Å². The summed E-state index contributed by atoms with van der Waals surface area (Å²) in [6.07, 6.45) is -4.38. The fourth-order valence-corrected chi connectivity index (χ4v) is 3.64. The van der Waals surface area contributed by atoms with E-state index in [1.165, 1.54) is 23.5 Å². The number of hydrogen-bond acceptors (Lipinski definition) is 6. The molecule has 1 aromatic heterocycles. The highest BCUT2D eigenvalue weighted by Crippen LogP contribution is 2.33. The van der Waals surface area contributed by atoms with Crippen molar-refractivity contribution in [3.05, 3.63) is 70.2 Å². The maximum Gasteiger partial charge on any atom is 0.416 e. The van der Waals surface area contributed by atoms with E-state index in [0.29, 0.717) is 22.0 Å². The third-order valence-corrected chi connectivity index (χ3v) is 5.56. The summed E-state index contributed by atoms with van der Waals surface area (Å²) in [7, 11) is 0. The van der Waals surface area contributed by atoms with Crippen molar-refractivity contribution < 1.29 is 32.6 Å². The fourth-order valence-electron chi connectivity index (χ4n) is 2.67. The number of benzene rings is 2. The Morgan fingerprint density at radius 1 is 1.12 bits per heavy atom. The van der Waals surface area contributed by atoms with Gasteiger partial charge in [-0.05, 0) is 55.8 Å². The van der Waals surface area contributed by atoms with Crippen LogP contribution in [0.25, 0.3) is 10.6 Å². The van der Waals surface area contributed by atoms with E-state index in [9.17, 15) is 18.0 Å². The van der Waals surface area contributed by atoms with Crippen LogP contribution < -0.4 is 4.74 Å². The molecule has 0 saturated heterocycles. The first-order valence-corrected chi connectivity index (χ1v) is 10.2. The van der Waals surface area contributed by atoms with Crippen molar-refractivity contribution in [2.24, 2.45) is 5.16 Å². The number of aliphatic carboxylic acids is 1. The average molecular weight is 464 g/mol. The molecule has 0 fully saturated rings. The molecule has 1 heterocycles. The van der Waals surface area contributed by atoms with Gasteiger partial charge in [0.1, 0.15) is 10.8 Å². The molecule has 0 saturated carbocycles. The molecule has 3 rings (SSSR count). The molecule has 0 amide bonds. The van der Waals surface area contributed by atoms with Crippen molar-refractivity contribution >= 4 is 23.0 Å². The van der Waals surface area contributed by atoms with E-state index in [0.717, 1.165) is 28.3 Å². The lowest BCUT2D eigenvalue weighted by atomic mass is 10.1. The van der Waals surface area contributed by atoms with E-state index in [-0.39, 0.29) is 6.61 Å². The molecular weight excluding hydrogens is 445 g/mol. The predicted molar refractivity (Wildman–Crippen MR) is 114 cm³/mol. The number of carboxylic acids is 1. The lowest BCUT2D eigenvalue weighted by molar-refractivity contribution is -0.139. The van der Waals surface area contributed by atoms with Crippen molar-refractivity contribution in [1.29, 1.82) is 0 Å². The third-order valence-electron chi connectivity index (χ3n) is 4.38. The first-order chi connectivity index (χ1) is 15.1. The fraction of sp³-hybridized carbons (Fsp3) is 0.227. The minimum atomic E-state index is -4.38. The molecule has 0 aliphatic carbocycles. The van der Waals surface area contributed by atoms with Gasteiger partial charge in [0.15, 0.2) is 13.2 Å². The normalized spacial score (nSPS) is 12.0. The van der Waals surface area contributed by atoms with Crippen LogP contribution in [-0.4, -0.2) is 28.4 Å². The molecule has 168 valence electrons. The average Bonchev–Trinajstić information content (AvgIpc) is 3.12. The molecule has 0 radical (unpaired) electrons. The molecule has 0 aliphatic rings. The maximum absolute atomic E-state index is 12.7. The molecule has 0 spiro atoms. The van der Waals surface area contributed by atoms with Crippen LogP contribution in [0.4, 0.5) is 13.2 Å². The zero-order valence-corrected chi connectivity index (χ0v) is 18.0. The van der Waals surface area contributed by atoms with Gasteiger partial charge in [0.2, 0.25) is 0 Å². The number of rotatable bonds is 8. The first-order valence-electron chi connectivity index (χ1n) is 9.39. The summed E-state index contributed by atoms with van der Waals surface area (Å²) in [4.78, 5) is 21.2. The topological polar surface area (TPSA) is 81.0 Å². The number of carbonyl (C=O) groups is 1. The highest BCUT2D eigenvalue weighted by atomic mass is 32.1. The van der Waals surface area contributed by atoms with Crippen LogP contribution in [-0.2, 0) is 22.4 Å². The van der Waals surface area contributed by atoms with E-state index < -0.39 is 24.3 Å². The van der Waals surface area contributed by atoms with Gasteiger partial charge in [-0.25, -0.2) is 9.78 Å². The van der Waals surface area contributed by atoms with E-state index in [4.69, 9.17) is 14.7 Å². The molecule has 10 heteroatoms. The molecule has 0 bridgehead atoms. The van der Waals surface area contributed by atoms with Gasteiger partial charge < -0.3 is 14.7 Å². The van der Waals surface area contributed by atoms with Gasteiger partial charge >= 0.3 is 12.1 Å². The van der Waals surface area contributed by atoms with Crippen molar-refractivity contribution in [1.82, 2.24) is 4.98 Å². The number of alkyl halides is 3. The number of carboxylic acid groups (broad SMARTS) is 1. The Balaban J connectivity index is 1.62. The van der Waals surface area contributed by atoms with Crippen molar-refractivity contribution in [3.63, 3.8) is 0 Å². The highest BCUT2D eigenvalue weighted by Gasteiger charge is 2.30. The number of oxime groups is 1. The molecule has 32 heavy (non-hydrogen) atoms. The largest absolute Gasteiger partial charge is 0.482 e. The molecule has 0 unspecified atom stereocenters. The second-order valence-corrected chi connectivity index (χ2v) is 7.84. The summed E-state index contributed by atoms with van der Waals surface area (Å²) in [6.45, 7) is 3.31. The van der Waals surface area contributed by atoms with Gasteiger partial charge in [-0.15, -0.1) is 11.3 Å². The van der Waals surface area contributed by atoms with Crippen LogP contribution in [0.2, 0.25) is 0 Å². The number of halogens is 3. The summed E-state index contributed by atoms with van der Waals surface area (Å²) in [5.74, 6) is -0.624. The van der Waals surface area contributed by atoms with Crippen LogP contribution in [0, 0.1) is 6.92 Å². The van der Waals surface area contributed by atoms with Gasteiger partial charge in [0.25, 0.3) is 0 Å². The number of thiazole rings is 1. The van der Waals surface area contributed by atoms with Gasteiger partial charge in [0.05, 0.1) is 21.8 Å². The Bertz CT molecular complexity index is 1110. The minimum absolute atomic E-state index is 0.168. The molecule has 2 aromatic carbocycles. The summed E-state index contributed by atoms with van der Waals surface area (Å²) in [6, 6.07) is 11.6. The Morgan fingerprint density at radius 3 is 2.38 bits per heavy atom. The van der Waals surface area contributed by atoms with Crippen molar-refractivity contribution in [2.45, 2.75) is 26.6 Å². The Kier molecular flexibility index (Phi) is 7.14. The molecule has 3 aromatic rings. The van der Waals surface area contributed by atoms with Crippen LogP contribution in [0.5, 0.6) is 5.75 Å². The quantitative estimate of drug-likeness (QED) is 0.350. The van der Waals surface area contributed by atoms with Crippen LogP contribution in [0.1, 0.15) is 28.6 Å². The summed E-state index contributed by atoms with van der Waals surface area (Å²) >= 11 is 1.33. The maximum atomic E-state index is 12.7. The van der Waals surface area contributed by atoms with Crippen LogP contribution >= 0.6 is 11.3 Å². The highest BCUT2D eigenvalue weighted by molar-refractivity contribution is 7.15. The second-order valence-electron chi connectivity index (χ2n) is 6.76. The van der Waals surface area contributed by atoms with E-state index in [1.807, 2.05) is 0 Å². The Hall–Kier alpha value is -3.40. The van der Waals surface area contributed by atoms with Gasteiger partial charge in [-0.1, -0.05) is 17.3 Å². The zero-order chi connectivity index (χ0) is 23.3. The van der Waals surface area contributed by atoms with Gasteiger partial charge in [0, 0.05) is 5.56 Å². The van der Waals surface area contributed by atoms with Crippen molar-refractivity contribution in [2.75, 3.05) is 6.61 Å². The monoisotopic (exact) mass is 464 g/mol. The summed E-state index contributed by atoms with van der Waals surface area (Å²) in [5, 5.41) is 13.3. The second kappa shape index (κ2) is 9.82.